The zero-order valence-corrected chi connectivity index (χ0v) is 8.62. The van der Waals surface area contributed by atoms with Gasteiger partial charge in [0.25, 0.3) is 0 Å². The Labute approximate surface area is 88.5 Å². The second kappa shape index (κ2) is 2.97. The number of benzene rings is 2. The van der Waals surface area contributed by atoms with Crippen LogP contribution in [-0.4, -0.2) is 12.2 Å². The largest absolute Gasteiger partial charge is 0.388 e. The Bertz CT molecular complexity index is 533. The molecule has 1 aliphatic carbocycles. The lowest BCUT2D eigenvalue weighted by molar-refractivity contribution is 0.185. The fraction of sp³-hybridized carbons (Fsp3) is 0.231. The summed E-state index contributed by atoms with van der Waals surface area (Å²) in [6.45, 7) is 0. The predicted octanol–water partition coefficient (Wildman–Crippen LogP) is 2.47. The Morgan fingerprint density at radius 3 is 2.93 bits per heavy atom. The van der Waals surface area contributed by atoms with Crippen LogP contribution in [-0.2, 0) is 6.42 Å². The molecule has 2 aromatic carbocycles. The van der Waals surface area contributed by atoms with Crippen LogP contribution in [0.1, 0.15) is 17.2 Å². The molecule has 2 aromatic rings. The second-order valence-corrected chi connectivity index (χ2v) is 4.01. The first kappa shape index (κ1) is 8.74. The molecule has 1 atom stereocenters. The molecule has 0 radical (unpaired) electrons. The van der Waals surface area contributed by atoms with Crippen LogP contribution in [0.5, 0.6) is 0 Å². The fourth-order valence-electron chi connectivity index (χ4n) is 2.51. The molecule has 0 saturated heterocycles. The van der Waals surface area contributed by atoms with E-state index < -0.39 is 0 Å². The van der Waals surface area contributed by atoms with Crippen molar-refractivity contribution in [1.82, 2.24) is 0 Å². The Morgan fingerprint density at radius 1 is 1.27 bits per heavy atom. The molecule has 0 saturated carbocycles. The lowest BCUT2D eigenvalue weighted by Gasteiger charge is -2.07. The monoisotopic (exact) mass is 199 g/mol. The van der Waals surface area contributed by atoms with E-state index in [1.54, 1.807) is 0 Å². The van der Waals surface area contributed by atoms with Crippen LogP contribution in [0.15, 0.2) is 30.3 Å². The normalized spacial score (nSPS) is 18.4. The van der Waals surface area contributed by atoms with Crippen LogP contribution in [0, 0.1) is 0 Å². The van der Waals surface area contributed by atoms with Gasteiger partial charge in [0.2, 0.25) is 0 Å². The van der Waals surface area contributed by atoms with Crippen LogP contribution < -0.4 is 5.32 Å². The van der Waals surface area contributed by atoms with E-state index in [-0.39, 0.29) is 6.10 Å². The molecule has 2 heteroatoms. The molecular weight excluding hydrogens is 186 g/mol. The summed E-state index contributed by atoms with van der Waals surface area (Å²) in [5.41, 5.74) is 3.45. The second-order valence-electron chi connectivity index (χ2n) is 4.01. The predicted molar refractivity (Wildman–Crippen MR) is 62.2 cm³/mol. The van der Waals surface area contributed by atoms with Crippen molar-refractivity contribution in [2.75, 3.05) is 12.4 Å². The van der Waals surface area contributed by atoms with E-state index in [0.29, 0.717) is 0 Å². The van der Waals surface area contributed by atoms with Gasteiger partial charge in [0.05, 0.1) is 6.10 Å². The fourth-order valence-corrected chi connectivity index (χ4v) is 2.51. The summed E-state index contributed by atoms with van der Waals surface area (Å²) in [6, 6.07) is 10.3. The summed E-state index contributed by atoms with van der Waals surface area (Å²) >= 11 is 0. The van der Waals surface area contributed by atoms with Gasteiger partial charge < -0.3 is 10.4 Å². The molecule has 0 heterocycles. The van der Waals surface area contributed by atoms with Crippen molar-refractivity contribution in [3.8, 4) is 0 Å². The standard InChI is InChI=1S/C13H13NO/c1-14-11-6-5-8-3-2-4-9-12(15)7-10(11)13(8)9/h2-6,12,14-15H,7H2,1H3. The maximum Gasteiger partial charge on any atom is 0.0837 e. The number of aliphatic hydroxyl groups excluding tert-OH is 1. The number of hydrogen-bond donors (Lipinski definition) is 2. The maximum atomic E-state index is 9.96. The van der Waals surface area contributed by atoms with Crippen molar-refractivity contribution < 1.29 is 5.11 Å². The third kappa shape index (κ3) is 1.08. The first-order chi connectivity index (χ1) is 7.31. The van der Waals surface area contributed by atoms with E-state index in [9.17, 15) is 5.11 Å². The summed E-state index contributed by atoms with van der Waals surface area (Å²) in [6.07, 6.45) is 0.394. The van der Waals surface area contributed by atoms with E-state index in [0.717, 1.165) is 17.7 Å². The van der Waals surface area contributed by atoms with Gasteiger partial charge in [0, 0.05) is 19.2 Å². The lowest BCUT2D eigenvalue weighted by atomic mass is 10.0. The minimum absolute atomic E-state index is 0.335. The molecule has 2 N–H and O–H groups in total. The SMILES string of the molecule is CNc1ccc2cccc3c2c1CC3O. The zero-order chi connectivity index (χ0) is 10.4. The van der Waals surface area contributed by atoms with Crippen molar-refractivity contribution in [1.29, 1.82) is 0 Å². The van der Waals surface area contributed by atoms with Crippen molar-refractivity contribution in [2.24, 2.45) is 0 Å². The van der Waals surface area contributed by atoms with E-state index in [4.69, 9.17) is 0 Å². The molecule has 0 aliphatic heterocycles. The summed E-state index contributed by atoms with van der Waals surface area (Å²) in [5.74, 6) is 0. The Kier molecular flexibility index (Phi) is 1.73. The van der Waals surface area contributed by atoms with Crippen LogP contribution in [0.25, 0.3) is 10.8 Å². The van der Waals surface area contributed by atoms with Gasteiger partial charge in [-0.2, -0.15) is 0 Å². The van der Waals surface area contributed by atoms with Crippen LogP contribution in [0.4, 0.5) is 5.69 Å². The molecule has 3 rings (SSSR count). The first-order valence-electron chi connectivity index (χ1n) is 5.21. The molecule has 1 unspecified atom stereocenters. The molecule has 0 fully saturated rings. The van der Waals surface area contributed by atoms with Crippen molar-refractivity contribution in [3.05, 3.63) is 41.5 Å². The van der Waals surface area contributed by atoms with Crippen molar-refractivity contribution in [2.45, 2.75) is 12.5 Å². The minimum Gasteiger partial charge on any atom is -0.388 e. The molecule has 0 aromatic heterocycles. The molecule has 76 valence electrons. The van der Waals surface area contributed by atoms with E-state index >= 15 is 0 Å². The lowest BCUT2D eigenvalue weighted by Crippen LogP contribution is -1.95. The number of aliphatic hydroxyl groups is 1. The highest BCUT2D eigenvalue weighted by molar-refractivity contribution is 5.95. The molecule has 15 heavy (non-hydrogen) atoms. The number of anilines is 1. The molecule has 1 aliphatic rings. The first-order valence-corrected chi connectivity index (χ1v) is 5.21. The quantitative estimate of drug-likeness (QED) is 0.739. The van der Waals surface area contributed by atoms with Gasteiger partial charge >= 0.3 is 0 Å². The number of nitrogens with one attached hydrogen (secondary N) is 1. The maximum absolute atomic E-state index is 9.96. The average Bonchev–Trinajstić information content (AvgIpc) is 2.60. The van der Waals surface area contributed by atoms with E-state index in [2.05, 4.69) is 23.5 Å². The van der Waals surface area contributed by atoms with Crippen LogP contribution in [0.2, 0.25) is 0 Å². The van der Waals surface area contributed by atoms with Gasteiger partial charge in [0.15, 0.2) is 0 Å². The Hall–Kier alpha value is -1.54. The number of hydrogen-bond acceptors (Lipinski definition) is 2. The van der Waals surface area contributed by atoms with Crippen molar-refractivity contribution >= 4 is 16.5 Å². The Morgan fingerprint density at radius 2 is 2.13 bits per heavy atom. The highest BCUT2D eigenvalue weighted by Crippen LogP contribution is 2.40. The van der Waals surface area contributed by atoms with E-state index in [1.807, 2.05) is 19.2 Å². The third-order valence-electron chi connectivity index (χ3n) is 3.21. The third-order valence-corrected chi connectivity index (χ3v) is 3.21. The van der Waals surface area contributed by atoms with Gasteiger partial charge in [-0.1, -0.05) is 24.3 Å². The van der Waals surface area contributed by atoms with Gasteiger partial charge in [-0.05, 0) is 28.0 Å². The average molecular weight is 199 g/mol. The summed E-state index contributed by atoms with van der Waals surface area (Å²) < 4.78 is 0. The highest BCUT2D eigenvalue weighted by Gasteiger charge is 2.24. The molecular formula is C13H13NO. The van der Waals surface area contributed by atoms with Gasteiger partial charge in [-0.15, -0.1) is 0 Å². The topological polar surface area (TPSA) is 32.3 Å². The highest BCUT2D eigenvalue weighted by atomic mass is 16.3. The number of rotatable bonds is 1. The summed E-state index contributed by atoms with van der Waals surface area (Å²) in [4.78, 5) is 0. The molecule has 0 spiro atoms. The summed E-state index contributed by atoms with van der Waals surface area (Å²) in [7, 11) is 1.92. The smallest absolute Gasteiger partial charge is 0.0837 e. The minimum atomic E-state index is -0.335. The zero-order valence-electron chi connectivity index (χ0n) is 8.62. The molecule has 2 nitrogen and oxygen atoms in total. The van der Waals surface area contributed by atoms with Gasteiger partial charge in [-0.3, -0.25) is 0 Å². The molecule has 0 bridgehead atoms. The van der Waals surface area contributed by atoms with Crippen LogP contribution in [0.3, 0.4) is 0 Å². The van der Waals surface area contributed by atoms with Gasteiger partial charge in [-0.25, -0.2) is 0 Å². The Balaban J connectivity index is 2.43. The molecule has 0 amide bonds. The van der Waals surface area contributed by atoms with Crippen LogP contribution >= 0.6 is 0 Å². The van der Waals surface area contributed by atoms with Gasteiger partial charge in [0.1, 0.15) is 0 Å². The van der Waals surface area contributed by atoms with E-state index in [1.165, 1.54) is 16.3 Å². The summed E-state index contributed by atoms with van der Waals surface area (Å²) in [5, 5.41) is 15.6. The van der Waals surface area contributed by atoms with Crippen molar-refractivity contribution in [3.63, 3.8) is 0 Å².